The fraction of sp³-hybridized carbons (Fsp3) is 0.100. The SMILES string of the molecule is Cc1sc2ncn(Cc3c(Cl)cc(Cl)cc3Cl)c(=O)c2c1-c1ccc(F)cc1. The van der Waals surface area contributed by atoms with E-state index in [4.69, 9.17) is 34.8 Å². The highest BCUT2D eigenvalue weighted by Gasteiger charge is 2.18. The summed E-state index contributed by atoms with van der Waals surface area (Å²) in [6.45, 7) is 2.08. The predicted octanol–water partition coefficient (Wildman–Crippen LogP) is 6.58. The zero-order valence-electron chi connectivity index (χ0n) is 14.5. The van der Waals surface area contributed by atoms with Crippen LogP contribution in [0.1, 0.15) is 10.4 Å². The molecule has 4 rings (SSSR count). The van der Waals surface area contributed by atoms with Gasteiger partial charge in [0.05, 0.1) is 18.3 Å². The molecule has 0 atom stereocenters. The van der Waals surface area contributed by atoms with E-state index in [0.29, 0.717) is 30.8 Å². The van der Waals surface area contributed by atoms with Gasteiger partial charge in [-0.05, 0) is 36.8 Å². The highest BCUT2D eigenvalue weighted by molar-refractivity contribution is 7.19. The van der Waals surface area contributed by atoms with Gasteiger partial charge in [0, 0.05) is 31.1 Å². The maximum Gasteiger partial charge on any atom is 0.263 e. The minimum atomic E-state index is -0.330. The van der Waals surface area contributed by atoms with Gasteiger partial charge >= 0.3 is 0 Å². The third kappa shape index (κ3) is 3.44. The summed E-state index contributed by atoms with van der Waals surface area (Å²) >= 11 is 19.9. The van der Waals surface area contributed by atoms with Gasteiger partial charge in [0.2, 0.25) is 0 Å². The quantitative estimate of drug-likeness (QED) is 0.351. The molecule has 0 bridgehead atoms. The van der Waals surface area contributed by atoms with Crippen LogP contribution in [0.2, 0.25) is 15.1 Å². The van der Waals surface area contributed by atoms with Crippen molar-refractivity contribution >= 4 is 56.4 Å². The summed E-state index contributed by atoms with van der Waals surface area (Å²) in [6, 6.07) is 9.24. The number of hydrogen-bond donors (Lipinski definition) is 0. The number of fused-ring (bicyclic) bond motifs is 1. The van der Waals surface area contributed by atoms with Crippen molar-refractivity contribution in [3.63, 3.8) is 0 Å². The lowest BCUT2D eigenvalue weighted by Crippen LogP contribution is -2.21. The molecule has 0 saturated heterocycles. The van der Waals surface area contributed by atoms with Crippen molar-refractivity contribution in [3.05, 3.63) is 84.4 Å². The second-order valence-corrected chi connectivity index (χ2v) is 8.70. The van der Waals surface area contributed by atoms with Gasteiger partial charge in [-0.2, -0.15) is 0 Å². The van der Waals surface area contributed by atoms with Crippen LogP contribution in [0, 0.1) is 12.7 Å². The molecule has 2 aromatic heterocycles. The van der Waals surface area contributed by atoms with Gasteiger partial charge in [0.15, 0.2) is 0 Å². The summed E-state index contributed by atoms with van der Waals surface area (Å²) in [5.41, 5.74) is 1.91. The number of nitrogens with zero attached hydrogens (tertiary/aromatic N) is 2. The van der Waals surface area contributed by atoms with Crippen LogP contribution < -0.4 is 5.56 Å². The first kappa shape index (κ1) is 19.4. The lowest BCUT2D eigenvalue weighted by atomic mass is 10.0. The molecule has 0 aliphatic carbocycles. The second kappa shape index (κ2) is 7.48. The largest absolute Gasteiger partial charge is 0.294 e. The fourth-order valence-corrected chi connectivity index (χ4v) is 5.05. The lowest BCUT2D eigenvalue weighted by Gasteiger charge is -2.10. The summed E-state index contributed by atoms with van der Waals surface area (Å²) in [5, 5.41) is 1.68. The number of aromatic nitrogens is 2. The van der Waals surface area contributed by atoms with E-state index >= 15 is 0 Å². The molecular formula is C20H12Cl3FN2OS. The van der Waals surface area contributed by atoms with Crippen LogP contribution >= 0.6 is 46.1 Å². The summed E-state index contributed by atoms with van der Waals surface area (Å²) in [7, 11) is 0. The standard InChI is InChI=1S/C20H12Cl3FN2OS/c1-10-17(11-2-4-13(24)5-3-11)18-19(28-10)25-9-26(20(18)27)8-14-15(22)6-12(21)7-16(14)23/h2-7,9H,8H2,1H3. The van der Waals surface area contributed by atoms with Gasteiger partial charge < -0.3 is 0 Å². The van der Waals surface area contributed by atoms with E-state index in [1.807, 2.05) is 6.92 Å². The van der Waals surface area contributed by atoms with Crippen LogP contribution in [0.4, 0.5) is 4.39 Å². The molecule has 0 amide bonds. The number of thiophene rings is 1. The smallest absolute Gasteiger partial charge is 0.263 e. The van der Waals surface area contributed by atoms with E-state index in [9.17, 15) is 9.18 Å². The molecule has 142 valence electrons. The topological polar surface area (TPSA) is 34.9 Å². The minimum absolute atomic E-state index is 0.161. The molecule has 0 N–H and O–H groups in total. The highest BCUT2D eigenvalue weighted by Crippen LogP contribution is 2.36. The molecule has 4 aromatic rings. The Balaban J connectivity index is 1.89. The van der Waals surface area contributed by atoms with Crippen molar-refractivity contribution in [2.75, 3.05) is 0 Å². The van der Waals surface area contributed by atoms with Crippen molar-refractivity contribution in [3.8, 4) is 11.1 Å². The van der Waals surface area contributed by atoms with Crippen molar-refractivity contribution < 1.29 is 4.39 Å². The minimum Gasteiger partial charge on any atom is -0.294 e. The molecule has 0 spiro atoms. The van der Waals surface area contributed by atoms with Crippen LogP contribution in [0.25, 0.3) is 21.3 Å². The Morgan fingerprint density at radius 2 is 1.75 bits per heavy atom. The van der Waals surface area contributed by atoms with Crippen molar-refractivity contribution in [2.24, 2.45) is 0 Å². The van der Waals surface area contributed by atoms with Gasteiger partial charge in [-0.15, -0.1) is 11.3 Å². The zero-order valence-corrected chi connectivity index (χ0v) is 17.6. The number of hydrogen-bond acceptors (Lipinski definition) is 3. The van der Waals surface area contributed by atoms with Crippen LogP contribution in [0.15, 0.2) is 47.5 Å². The molecule has 0 aliphatic rings. The van der Waals surface area contributed by atoms with E-state index in [1.165, 1.54) is 34.4 Å². The Hall–Kier alpha value is -1.92. The van der Waals surface area contributed by atoms with Crippen LogP contribution in [0.5, 0.6) is 0 Å². The molecular weight excluding hydrogens is 442 g/mol. The molecule has 0 unspecified atom stereocenters. The van der Waals surface area contributed by atoms with Gasteiger partial charge in [-0.1, -0.05) is 46.9 Å². The van der Waals surface area contributed by atoms with Crippen molar-refractivity contribution in [1.29, 1.82) is 0 Å². The summed E-state index contributed by atoms with van der Waals surface area (Å²) in [6.07, 6.45) is 1.48. The van der Waals surface area contributed by atoms with E-state index < -0.39 is 0 Å². The van der Waals surface area contributed by atoms with Gasteiger partial charge in [-0.3, -0.25) is 9.36 Å². The van der Waals surface area contributed by atoms with E-state index in [2.05, 4.69) is 4.98 Å². The zero-order chi connectivity index (χ0) is 20.0. The third-order valence-electron chi connectivity index (χ3n) is 4.42. The molecule has 3 nitrogen and oxygen atoms in total. The molecule has 8 heteroatoms. The molecule has 0 radical (unpaired) electrons. The van der Waals surface area contributed by atoms with Gasteiger partial charge in [0.1, 0.15) is 10.6 Å². The maximum absolute atomic E-state index is 13.3. The second-order valence-electron chi connectivity index (χ2n) is 6.25. The third-order valence-corrected chi connectivity index (χ3v) is 6.33. The Labute approximate surface area is 178 Å². The average Bonchev–Trinajstić information content (AvgIpc) is 2.97. The van der Waals surface area contributed by atoms with Crippen LogP contribution in [-0.2, 0) is 6.54 Å². The molecule has 28 heavy (non-hydrogen) atoms. The molecule has 2 heterocycles. The normalized spacial score (nSPS) is 11.3. The van der Waals surface area contributed by atoms with Crippen LogP contribution in [-0.4, -0.2) is 9.55 Å². The first-order chi connectivity index (χ1) is 13.3. The van der Waals surface area contributed by atoms with E-state index in [1.54, 1.807) is 24.3 Å². The van der Waals surface area contributed by atoms with E-state index in [-0.39, 0.29) is 17.9 Å². The summed E-state index contributed by atoms with van der Waals surface area (Å²) in [4.78, 5) is 19.2. The Morgan fingerprint density at radius 1 is 1.11 bits per heavy atom. The number of aryl methyl sites for hydroxylation is 1. The summed E-state index contributed by atoms with van der Waals surface area (Å²) in [5.74, 6) is -0.330. The number of rotatable bonds is 3. The Bertz CT molecular complexity index is 1240. The Kier molecular flexibility index (Phi) is 5.19. The fourth-order valence-electron chi connectivity index (χ4n) is 3.11. The average molecular weight is 454 g/mol. The predicted molar refractivity (Wildman–Crippen MR) is 115 cm³/mol. The monoisotopic (exact) mass is 452 g/mol. The Morgan fingerprint density at radius 3 is 2.39 bits per heavy atom. The first-order valence-electron chi connectivity index (χ1n) is 8.23. The van der Waals surface area contributed by atoms with E-state index in [0.717, 1.165) is 16.0 Å². The van der Waals surface area contributed by atoms with Crippen LogP contribution in [0.3, 0.4) is 0 Å². The van der Waals surface area contributed by atoms with Gasteiger partial charge in [0.25, 0.3) is 5.56 Å². The molecule has 0 aliphatic heterocycles. The number of benzene rings is 2. The van der Waals surface area contributed by atoms with Crippen molar-refractivity contribution in [1.82, 2.24) is 9.55 Å². The summed E-state index contributed by atoms with van der Waals surface area (Å²) < 4.78 is 14.8. The van der Waals surface area contributed by atoms with Gasteiger partial charge in [-0.25, -0.2) is 9.37 Å². The number of halogens is 4. The highest BCUT2D eigenvalue weighted by atomic mass is 35.5. The molecule has 0 saturated carbocycles. The maximum atomic E-state index is 13.3. The molecule has 2 aromatic carbocycles. The lowest BCUT2D eigenvalue weighted by molar-refractivity contribution is 0.628. The molecule has 0 fully saturated rings. The van der Waals surface area contributed by atoms with Crippen molar-refractivity contribution in [2.45, 2.75) is 13.5 Å². The first-order valence-corrected chi connectivity index (χ1v) is 10.2.